The molecular weight excluding hydrogens is 214 g/mol. The lowest BCUT2D eigenvalue weighted by Crippen LogP contribution is -1.89. The number of halogens is 1. The van der Waals surface area contributed by atoms with E-state index in [1.807, 2.05) is 6.21 Å². The first-order chi connectivity index (χ1) is 5.86. The summed E-state index contributed by atoms with van der Waals surface area (Å²) in [6.07, 6.45) is 4.31. The molecule has 1 atom stereocenters. The molecule has 1 heterocycles. The Kier molecular flexibility index (Phi) is 2.26. The average molecular weight is 224 g/mol. The normalized spacial score (nSPS) is 21.6. The van der Waals surface area contributed by atoms with Crippen molar-refractivity contribution in [3.05, 3.63) is 34.3 Å². The minimum atomic E-state index is 0.415. The first kappa shape index (κ1) is 7.99. The summed E-state index contributed by atoms with van der Waals surface area (Å²) >= 11 is 3.42. The molecule has 1 aliphatic heterocycles. The van der Waals surface area contributed by atoms with Gasteiger partial charge in [-0.2, -0.15) is 0 Å². The highest BCUT2D eigenvalue weighted by atomic mass is 79.9. The van der Waals surface area contributed by atoms with Gasteiger partial charge in [0.15, 0.2) is 0 Å². The maximum atomic E-state index is 4.40. The van der Waals surface area contributed by atoms with Gasteiger partial charge >= 0.3 is 0 Å². The second-order valence-electron chi connectivity index (χ2n) is 2.98. The lowest BCUT2D eigenvalue weighted by molar-refractivity contribution is 0.723. The summed E-state index contributed by atoms with van der Waals surface area (Å²) in [5.41, 5.74) is 1.33. The SMILES string of the molecule is Brc1ccc([C@@H]2CCC=N2)cc1. The Labute approximate surface area is 80.6 Å². The van der Waals surface area contributed by atoms with Crippen molar-refractivity contribution in [2.24, 2.45) is 4.99 Å². The number of nitrogens with zero attached hydrogens (tertiary/aromatic N) is 1. The molecule has 1 aliphatic rings. The first-order valence-corrected chi connectivity index (χ1v) is 4.92. The fourth-order valence-corrected chi connectivity index (χ4v) is 1.71. The number of hydrogen-bond donors (Lipinski definition) is 0. The average Bonchev–Trinajstić information content (AvgIpc) is 2.58. The standard InChI is InChI=1S/C10H10BrN/c11-9-5-3-8(4-6-9)10-2-1-7-12-10/h3-7,10H,1-2H2/t10-/m0/s1. The zero-order chi connectivity index (χ0) is 8.39. The van der Waals surface area contributed by atoms with E-state index in [9.17, 15) is 0 Å². The van der Waals surface area contributed by atoms with Crippen molar-refractivity contribution < 1.29 is 0 Å². The van der Waals surface area contributed by atoms with Crippen LogP contribution in [-0.4, -0.2) is 6.21 Å². The third kappa shape index (κ3) is 1.58. The monoisotopic (exact) mass is 223 g/mol. The number of benzene rings is 1. The lowest BCUT2D eigenvalue weighted by Gasteiger charge is -2.05. The highest BCUT2D eigenvalue weighted by Crippen LogP contribution is 2.26. The van der Waals surface area contributed by atoms with Crippen LogP contribution < -0.4 is 0 Å². The van der Waals surface area contributed by atoms with Crippen molar-refractivity contribution in [2.75, 3.05) is 0 Å². The van der Waals surface area contributed by atoms with Crippen LogP contribution in [0, 0.1) is 0 Å². The predicted molar refractivity (Wildman–Crippen MR) is 54.6 cm³/mol. The zero-order valence-electron chi connectivity index (χ0n) is 6.70. The van der Waals surface area contributed by atoms with E-state index in [-0.39, 0.29) is 0 Å². The maximum absolute atomic E-state index is 4.40. The van der Waals surface area contributed by atoms with Crippen LogP contribution in [0.5, 0.6) is 0 Å². The van der Waals surface area contributed by atoms with Gasteiger partial charge in [-0.15, -0.1) is 0 Å². The van der Waals surface area contributed by atoms with Crippen LogP contribution in [-0.2, 0) is 0 Å². The summed E-state index contributed by atoms with van der Waals surface area (Å²) < 4.78 is 1.13. The minimum Gasteiger partial charge on any atom is -0.289 e. The topological polar surface area (TPSA) is 12.4 Å². The molecule has 0 amide bonds. The molecule has 0 N–H and O–H groups in total. The molecule has 0 saturated carbocycles. The second-order valence-corrected chi connectivity index (χ2v) is 3.89. The summed E-state index contributed by atoms with van der Waals surface area (Å²) in [5.74, 6) is 0. The molecule has 0 bridgehead atoms. The van der Waals surface area contributed by atoms with Gasteiger partial charge in [-0.3, -0.25) is 4.99 Å². The van der Waals surface area contributed by atoms with E-state index >= 15 is 0 Å². The molecule has 62 valence electrons. The molecule has 0 spiro atoms. The van der Waals surface area contributed by atoms with Gasteiger partial charge in [0, 0.05) is 4.47 Å². The third-order valence-electron chi connectivity index (χ3n) is 2.11. The molecule has 0 radical (unpaired) electrons. The van der Waals surface area contributed by atoms with E-state index < -0.39 is 0 Å². The zero-order valence-corrected chi connectivity index (χ0v) is 8.29. The van der Waals surface area contributed by atoms with Gasteiger partial charge in [-0.1, -0.05) is 28.1 Å². The summed E-state index contributed by atoms with van der Waals surface area (Å²) in [4.78, 5) is 4.40. The summed E-state index contributed by atoms with van der Waals surface area (Å²) in [5, 5.41) is 0. The Hall–Kier alpha value is -0.630. The van der Waals surface area contributed by atoms with E-state index in [2.05, 4.69) is 45.2 Å². The Morgan fingerprint density at radius 1 is 1.25 bits per heavy atom. The Bertz CT molecular complexity index is 289. The first-order valence-electron chi connectivity index (χ1n) is 4.13. The Balaban J connectivity index is 2.23. The van der Waals surface area contributed by atoms with Gasteiger partial charge in [0.1, 0.15) is 0 Å². The molecule has 2 rings (SSSR count). The maximum Gasteiger partial charge on any atom is 0.0748 e. The van der Waals surface area contributed by atoms with Crippen LogP contribution in [0.15, 0.2) is 33.7 Å². The van der Waals surface area contributed by atoms with E-state index in [1.54, 1.807) is 0 Å². The lowest BCUT2D eigenvalue weighted by atomic mass is 10.1. The van der Waals surface area contributed by atoms with Crippen molar-refractivity contribution in [3.8, 4) is 0 Å². The number of hydrogen-bond acceptors (Lipinski definition) is 1. The quantitative estimate of drug-likeness (QED) is 0.693. The van der Waals surface area contributed by atoms with E-state index in [4.69, 9.17) is 0 Å². The van der Waals surface area contributed by atoms with Crippen LogP contribution >= 0.6 is 15.9 Å². The summed E-state index contributed by atoms with van der Waals surface area (Å²) in [6.45, 7) is 0. The molecule has 0 aliphatic carbocycles. The highest BCUT2D eigenvalue weighted by Gasteiger charge is 2.11. The van der Waals surface area contributed by atoms with Gasteiger partial charge in [0.05, 0.1) is 6.04 Å². The van der Waals surface area contributed by atoms with Crippen molar-refractivity contribution in [1.82, 2.24) is 0 Å². The predicted octanol–water partition coefficient (Wildman–Crippen LogP) is 3.35. The van der Waals surface area contributed by atoms with Crippen molar-refractivity contribution >= 4 is 22.1 Å². The van der Waals surface area contributed by atoms with Crippen LogP contribution in [0.3, 0.4) is 0 Å². The molecule has 0 unspecified atom stereocenters. The molecule has 1 aromatic carbocycles. The van der Waals surface area contributed by atoms with Crippen molar-refractivity contribution in [2.45, 2.75) is 18.9 Å². The molecule has 0 fully saturated rings. The van der Waals surface area contributed by atoms with E-state index in [0.717, 1.165) is 10.9 Å². The molecule has 1 nitrogen and oxygen atoms in total. The summed E-state index contributed by atoms with van der Waals surface area (Å²) in [7, 11) is 0. The third-order valence-corrected chi connectivity index (χ3v) is 2.64. The van der Waals surface area contributed by atoms with Crippen LogP contribution in [0.4, 0.5) is 0 Å². The minimum absolute atomic E-state index is 0.415. The number of rotatable bonds is 1. The molecule has 2 heteroatoms. The van der Waals surface area contributed by atoms with Gasteiger partial charge < -0.3 is 0 Å². The highest BCUT2D eigenvalue weighted by molar-refractivity contribution is 9.10. The van der Waals surface area contributed by atoms with Crippen molar-refractivity contribution in [1.29, 1.82) is 0 Å². The summed E-state index contributed by atoms with van der Waals surface area (Å²) in [6, 6.07) is 8.83. The Morgan fingerprint density at radius 3 is 2.58 bits per heavy atom. The second kappa shape index (κ2) is 3.40. The largest absolute Gasteiger partial charge is 0.289 e. The molecular formula is C10H10BrN. The van der Waals surface area contributed by atoms with E-state index in [1.165, 1.54) is 12.0 Å². The smallest absolute Gasteiger partial charge is 0.0748 e. The van der Waals surface area contributed by atoms with Gasteiger partial charge in [-0.25, -0.2) is 0 Å². The van der Waals surface area contributed by atoms with Crippen LogP contribution in [0.1, 0.15) is 24.4 Å². The van der Waals surface area contributed by atoms with Crippen LogP contribution in [0.2, 0.25) is 0 Å². The fraction of sp³-hybridized carbons (Fsp3) is 0.300. The molecule has 12 heavy (non-hydrogen) atoms. The van der Waals surface area contributed by atoms with Gasteiger partial charge in [0.25, 0.3) is 0 Å². The number of aliphatic imine (C=N–C) groups is 1. The van der Waals surface area contributed by atoms with E-state index in [0.29, 0.717) is 6.04 Å². The molecule has 0 saturated heterocycles. The van der Waals surface area contributed by atoms with Gasteiger partial charge in [0.2, 0.25) is 0 Å². The van der Waals surface area contributed by atoms with Gasteiger partial charge in [-0.05, 0) is 36.8 Å². The fourth-order valence-electron chi connectivity index (χ4n) is 1.45. The molecule has 0 aromatic heterocycles. The molecule has 1 aromatic rings. The van der Waals surface area contributed by atoms with Crippen LogP contribution in [0.25, 0.3) is 0 Å². The Morgan fingerprint density at radius 2 is 2.00 bits per heavy atom. The van der Waals surface area contributed by atoms with Crippen molar-refractivity contribution in [3.63, 3.8) is 0 Å².